The van der Waals surface area contributed by atoms with Gasteiger partial charge in [0.15, 0.2) is 5.82 Å². The number of hydrogen-bond acceptors (Lipinski definition) is 6. The Labute approximate surface area is 132 Å². The van der Waals surface area contributed by atoms with E-state index < -0.39 is 6.10 Å². The van der Waals surface area contributed by atoms with Crippen molar-refractivity contribution in [3.63, 3.8) is 0 Å². The number of hydrogen-bond donors (Lipinski definition) is 2. The molecule has 8 heteroatoms. The van der Waals surface area contributed by atoms with Gasteiger partial charge in [-0.2, -0.15) is 4.98 Å². The molecule has 0 aliphatic carbocycles. The predicted octanol–water partition coefficient (Wildman–Crippen LogP) is 2.21. The van der Waals surface area contributed by atoms with E-state index in [4.69, 9.17) is 32.5 Å². The van der Waals surface area contributed by atoms with E-state index in [1.165, 1.54) is 0 Å². The van der Waals surface area contributed by atoms with Gasteiger partial charge in [-0.1, -0.05) is 28.4 Å². The summed E-state index contributed by atoms with van der Waals surface area (Å²) in [7, 11) is 0. The van der Waals surface area contributed by atoms with Crippen molar-refractivity contribution in [1.82, 2.24) is 15.5 Å². The van der Waals surface area contributed by atoms with Gasteiger partial charge in [0.2, 0.25) is 5.89 Å². The van der Waals surface area contributed by atoms with E-state index in [2.05, 4.69) is 15.5 Å². The van der Waals surface area contributed by atoms with Gasteiger partial charge in [-0.25, -0.2) is 0 Å². The van der Waals surface area contributed by atoms with Crippen LogP contribution in [0.2, 0.25) is 10.0 Å². The molecule has 0 aliphatic heterocycles. The Morgan fingerprint density at radius 3 is 2.86 bits per heavy atom. The SMILES string of the molecule is Cc1noc(CNCC(O)COc2ccc(Cl)c(Cl)c2)n1. The van der Waals surface area contributed by atoms with Crippen LogP contribution in [0.25, 0.3) is 0 Å². The summed E-state index contributed by atoms with van der Waals surface area (Å²) in [5.74, 6) is 1.61. The predicted molar refractivity (Wildman–Crippen MR) is 78.7 cm³/mol. The Bertz CT molecular complexity index is 592. The van der Waals surface area contributed by atoms with Crippen LogP contribution < -0.4 is 10.1 Å². The lowest BCUT2D eigenvalue weighted by atomic mass is 10.3. The van der Waals surface area contributed by atoms with Gasteiger partial charge in [0, 0.05) is 12.6 Å². The number of ether oxygens (including phenoxy) is 1. The quantitative estimate of drug-likeness (QED) is 0.809. The molecule has 0 bridgehead atoms. The second-order valence-corrected chi connectivity index (χ2v) is 5.22. The van der Waals surface area contributed by atoms with Crippen molar-refractivity contribution in [2.45, 2.75) is 19.6 Å². The van der Waals surface area contributed by atoms with Crippen LogP contribution in [0.3, 0.4) is 0 Å². The number of halogens is 2. The maximum Gasteiger partial charge on any atom is 0.240 e. The Morgan fingerprint density at radius 1 is 1.38 bits per heavy atom. The Hall–Kier alpha value is -1.34. The molecule has 0 saturated heterocycles. The fourth-order valence-electron chi connectivity index (χ4n) is 1.58. The minimum atomic E-state index is -0.677. The Kier molecular flexibility index (Phi) is 5.81. The van der Waals surface area contributed by atoms with Gasteiger partial charge >= 0.3 is 0 Å². The minimum absolute atomic E-state index is 0.133. The van der Waals surface area contributed by atoms with E-state index >= 15 is 0 Å². The van der Waals surface area contributed by atoms with E-state index in [1.54, 1.807) is 25.1 Å². The molecule has 0 saturated carbocycles. The highest BCUT2D eigenvalue weighted by Gasteiger charge is 2.08. The van der Waals surface area contributed by atoms with Crippen LogP contribution in [-0.2, 0) is 6.54 Å². The number of rotatable bonds is 7. The number of aromatic nitrogens is 2. The standard InChI is InChI=1S/C13H15Cl2N3O3/c1-8-17-13(21-18-8)6-16-5-9(19)7-20-10-2-3-11(14)12(15)4-10/h2-4,9,16,19H,5-7H2,1H3. The van der Waals surface area contributed by atoms with Crippen molar-refractivity contribution in [1.29, 1.82) is 0 Å². The second kappa shape index (κ2) is 7.61. The van der Waals surface area contributed by atoms with Crippen molar-refractivity contribution < 1.29 is 14.4 Å². The maximum atomic E-state index is 9.80. The molecule has 0 aliphatic rings. The molecule has 1 unspecified atom stereocenters. The first-order valence-corrected chi connectivity index (χ1v) is 7.06. The van der Waals surface area contributed by atoms with Crippen LogP contribution >= 0.6 is 23.2 Å². The van der Waals surface area contributed by atoms with Crippen LogP contribution in [0, 0.1) is 6.92 Å². The zero-order valence-corrected chi connectivity index (χ0v) is 12.9. The molecule has 114 valence electrons. The molecule has 2 aromatic rings. The molecular weight excluding hydrogens is 317 g/mol. The van der Waals surface area contributed by atoms with E-state index in [9.17, 15) is 5.11 Å². The van der Waals surface area contributed by atoms with Gasteiger partial charge in [0.05, 0.1) is 16.6 Å². The summed E-state index contributed by atoms with van der Waals surface area (Å²) in [4.78, 5) is 4.04. The summed E-state index contributed by atoms with van der Waals surface area (Å²) in [5.41, 5.74) is 0. The van der Waals surface area contributed by atoms with Crippen LogP contribution in [0.4, 0.5) is 0 Å². The topological polar surface area (TPSA) is 80.4 Å². The number of aliphatic hydroxyl groups is 1. The first-order chi connectivity index (χ1) is 10.0. The molecule has 1 aromatic heterocycles. The van der Waals surface area contributed by atoms with Crippen molar-refractivity contribution >= 4 is 23.2 Å². The van der Waals surface area contributed by atoms with Gasteiger partial charge in [0.1, 0.15) is 18.5 Å². The smallest absolute Gasteiger partial charge is 0.240 e. The molecule has 0 amide bonds. The van der Waals surface area contributed by atoms with Crippen molar-refractivity contribution in [2.75, 3.05) is 13.2 Å². The van der Waals surface area contributed by atoms with Gasteiger partial charge in [-0.3, -0.25) is 0 Å². The van der Waals surface area contributed by atoms with Crippen molar-refractivity contribution in [3.8, 4) is 5.75 Å². The molecule has 21 heavy (non-hydrogen) atoms. The number of nitrogens with one attached hydrogen (secondary N) is 1. The molecule has 0 radical (unpaired) electrons. The van der Waals surface area contributed by atoms with Gasteiger partial charge in [-0.05, 0) is 19.1 Å². The monoisotopic (exact) mass is 331 g/mol. The van der Waals surface area contributed by atoms with Crippen molar-refractivity contribution in [3.05, 3.63) is 40.0 Å². The van der Waals surface area contributed by atoms with Crippen LogP contribution in [0.1, 0.15) is 11.7 Å². The lowest BCUT2D eigenvalue weighted by molar-refractivity contribution is 0.105. The molecule has 6 nitrogen and oxygen atoms in total. The van der Waals surface area contributed by atoms with E-state index in [0.29, 0.717) is 40.6 Å². The number of aliphatic hydroxyl groups excluding tert-OH is 1. The molecule has 1 aromatic carbocycles. The highest BCUT2D eigenvalue weighted by molar-refractivity contribution is 6.42. The normalized spacial score (nSPS) is 12.4. The highest BCUT2D eigenvalue weighted by atomic mass is 35.5. The summed E-state index contributed by atoms with van der Waals surface area (Å²) in [6.45, 7) is 2.61. The third-order valence-corrected chi connectivity index (χ3v) is 3.30. The molecule has 1 atom stereocenters. The molecule has 1 heterocycles. The average Bonchev–Trinajstić information content (AvgIpc) is 2.86. The van der Waals surface area contributed by atoms with E-state index in [0.717, 1.165) is 0 Å². The first kappa shape index (κ1) is 16.0. The maximum absolute atomic E-state index is 9.80. The first-order valence-electron chi connectivity index (χ1n) is 6.30. The Morgan fingerprint density at radius 2 is 2.19 bits per heavy atom. The summed E-state index contributed by atoms with van der Waals surface area (Å²) >= 11 is 11.7. The summed E-state index contributed by atoms with van der Waals surface area (Å²) in [6, 6.07) is 4.93. The fraction of sp³-hybridized carbons (Fsp3) is 0.385. The van der Waals surface area contributed by atoms with Crippen LogP contribution in [-0.4, -0.2) is 34.5 Å². The number of benzene rings is 1. The summed E-state index contributed by atoms with van der Waals surface area (Å²) in [6.07, 6.45) is -0.677. The summed E-state index contributed by atoms with van der Waals surface area (Å²) in [5, 5.41) is 17.3. The lowest BCUT2D eigenvalue weighted by Crippen LogP contribution is -2.31. The van der Waals surface area contributed by atoms with E-state index in [-0.39, 0.29) is 6.61 Å². The van der Waals surface area contributed by atoms with Crippen LogP contribution in [0.5, 0.6) is 5.75 Å². The second-order valence-electron chi connectivity index (χ2n) is 4.41. The molecule has 2 N–H and O–H groups in total. The zero-order valence-electron chi connectivity index (χ0n) is 11.3. The Balaban J connectivity index is 1.69. The molecule has 0 spiro atoms. The largest absolute Gasteiger partial charge is 0.491 e. The summed E-state index contributed by atoms with van der Waals surface area (Å²) < 4.78 is 10.4. The minimum Gasteiger partial charge on any atom is -0.491 e. The van der Waals surface area contributed by atoms with Gasteiger partial charge in [-0.15, -0.1) is 0 Å². The molecule has 2 rings (SSSR count). The average molecular weight is 332 g/mol. The number of nitrogens with zero attached hydrogens (tertiary/aromatic N) is 2. The third-order valence-electron chi connectivity index (χ3n) is 2.56. The van der Waals surface area contributed by atoms with E-state index in [1.807, 2.05) is 0 Å². The van der Waals surface area contributed by atoms with Crippen LogP contribution in [0.15, 0.2) is 22.7 Å². The van der Waals surface area contributed by atoms with Gasteiger partial charge < -0.3 is 19.7 Å². The molecular formula is C13H15Cl2N3O3. The highest BCUT2D eigenvalue weighted by Crippen LogP contribution is 2.26. The zero-order chi connectivity index (χ0) is 15.2. The fourth-order valence-corrected chi connectivity index (χ4v) is 1.86. The third kappa shape index (κ3) is 5.17. The molecule has 0 fully saturated rings. The van der Waals surface area contributed by atoms with Gasteiger partial charge in [0.25, 0.3) is 0 Å². The number of aryl methyl sites for hydroxylation is 1. The lowest BCUT2D eigenvalue weighted by Gasteiger charge is -2.13. The van der Waals surface area contributed by atoms with Crippen molar-refractivity contribution in [2.24, 2.45) is 0 Å².